The molecule has 0 radical (unpaired) electrons. The number of carboxylic acid groups (broad SMARTS) is 1. The highest BCUT2D eigenvalue weighted by Gasteiger charge is 2.09. The van der Waals surface area contributed by atoms with Gasteiger partial charge in [0.15, 0.2) is 0 Å². The summed E-state index contributed by atoms with van der Waals surface area (Å²) in [7, 11) is 0. The van der Waals surface area contributed by atoms with Crippen LogP contribution >= 0.6 is 0 Å². The molecule has 0 spiro atoms. The SMILES string of the molecule is O=C(O)c1cnn(-c2nc3ccccc3c(=O)[nH]2)c1. The molecule has 1 aromatic carbocycles. The van der Waals surface area contributed by atoms with Gasteiger partial charge in [0.05, 0.1) is 22.7 Å². The Labute approximate surface area is 106 Å². The number of aromatic carboxylic acids is 1. The monoisotopic (exact) mass is 256 g/mol. The Kier molecular flexibility index (Phi) is 2.38. The topological polar surface area (TPSA) is 101 Å². The molecule has 0 aliphatic rings. The summed E-state index contributed by atoms with van der Waals surface area (Å²) < 4.78 is 1.22. The lowest BCUT2D eigenvalue weighted by molar-refractivity contribution is 0.0697. The molecule has 0 aliphatic carbocycles. The summed E-state index contributed by atoms with van der Waals surface area (Å²) in [6, 6.07) is 6.88. The molecule has 0 aliphatic heterocycles. The van der Waals surface area contributed by atoms with E-state index >= 15 is 0 Å². The van der Waals surface area contributed by atoms with Gasteiger partial charge in [-0.3, -0.25) is 9.78 Å². The standard InChI is InChI=1S/C12H8N4O3/c17-10-8-3-1-2-4-9(8)14-12(15-10)16-6-7(5-13-16)11(18)19/h1-6H,(H,18,19)(H,14,15,17). The zero-order valence-electron chi connectivity index (χ0n) is 9.57. The van der Waals surface area contributed by atoms with Crippen molar-refractivity contribution < 1.29 is 9.90 Å². The maximum atomic E-state index is 11.9. The van der Waals surface area contributed by atoms with Crippen molar-refractivity contribution in [3.05, 3.63) is 52.6 Å². The van der Waals surface area contributed by atoms with Crippen LogP contribution in [-0.4, -0.2) is 30.8 Å². The molecule has 0 atom stereocenters. The summed E-state index contributed by atoms with van der Waals surface area (Å²) >= 11 is 0. The fraction of sp³-hybridized carbons (Fsp3) is 0. The third-order valence-corrected chi connectivity index (χ3v) is 2.65. The molecular formula is C12H8N4O3. The number of nitrogens with zero attached hydrogens (tertiary/aromatic N) is 3. The normalized spacial score (nSPS) is 10.7. The molecule has 0 saturated heterocycles. The third kappa shape index (κ3) is 1.86. The van der Waals surface area contributed by atoms with Crippen LogP contribution in [0.25, 0.3) is 16.9 Å². The van der Waals surface area contributed by atoms with Crippen molar-refractivity contribution in [2.75, 3.05) is 0 Å². The highest BCUT2D eigenvalue weighted by molar-refractivity contribution is 5.87. The number of nitrogens with one attached hydrogen (secondary N) is 1. The van der Waals surface area contributed by atoms with E-state index in [2.05, 4.69) is 15.1 Å². The van der Waals surface area contributed by atoms with Crippen LogP contribution < -0.4 is 5.56 Å². The fourth-order valence-corrected chi connectivity index (χ4v) is 1.73. The van der Waals surface area contributed by atoms with E-state index in [1.54, 1.807) is 24.3 Å². The van der Waals surface area contributed by atoms with E-state index in [1.807, 2.05) is 0 Å². The van der Waals surface area contributed by atoms with Gasteiger partial charge in [-0.1, -0.05) is 12.1 Å². The number of aromatic nitrogens is 4. The minimum absolute atomic E-state index is 0.0239. The van der Waals surface area contributed by atoms with Crippen molar-refractivity contribution in [3.8, 4) is 5.95 Å². The van der Waals surface area contributed by atoms with E-state index in [9.17, 15) is 9.59 Å². The highest BCUT2D eigenvalue weighted by Crippen LogP contribution is 2.08. The van der Waals surface area contributed by atoms with Crippen molar-refractivity contribution in [1.82, 2.24) is 19.7 Å². The van der Waals surface area contributed by atoms with Crippen LogP contribution in [-0.2, 0) is 0 Å². The number of benzene rings is 1. The average Bonchev–Trinajstić information content (AvgIpc) is 2.88. The smallest absolute Gasteiger partial charge is 0.338 e. The van der Waals surface area contributed by atoms with E-state index in [4.69, 9.17) is 5.11 Å². The molecule has 94 valence electrons. The van der Waals surface area contributed by atoms with Gasteiger partial charge in [-0.25, -0.2) is 14.5 Å². The first-order valence-electron chi connectivity index (χ1n) is 5.42. The van der Waals surface area contributed by atoms with Gasteiger partial charge in [0.1, 0.15) is 0 Å². The molecule has 19 heavy (non-hydrogen) atoms. The van der Waals surface area contributed by atoms with Gasteiger partial charge >= 0.3 is 5.97 Å². The molecule has 2 aromatic heterocycles. The first-order valence-corrected chi connectivity index (χ1v) is 5.42. The van der Waals surface area contributed by atoms with Crippen molar-refractivity contribution in [2.24, 2.45) is 0 Å². The second-order valence-corrected chi connectivity index (χ2v) is 3.89. The van der Waals surface area contributed by atoms with E-state index in [0.717, 1.165) is 0 Å². The summed E-state index contributed by atoms with van der Waals surface area (Å²) in [5, 5.41) is 13.2. The Morgan fingerprint density at radius 3 is 2.84 bits per heavy atom. The zero-order valence-corrected chi connectivity index (χ0v) is 9.57. The van der Waals surface area contributed by atoms with Gasteiger partial charge in [0.25, 0.3) is 5.56 Å². The number of H-pyrrole nitrogens is 1. The maximum absolute atomic E-state index is 11.9. The fourth-order valence-electron chi connectivity index (χ4n) is 1.73. The molecule has 7 heteroatoms. The van der Waals surface area contributed by atoms with Crippen molar-refractivity contribution in [1.29, 1.82) is 0 Å². The van der Waals surface area contributed by atoms with Gasteiger partial charge in [-0.2, -0.15) is 5.10 Å². The largest absolute Gasteiger partial charge is 0.478 e. The lowest BCUT2D eigenvalue weighted by Gasteiger charge is -2.01. The van der Waals surface area contributed by atoms with Crippen molar-refractivity contribution in [2.45, 2.75) is 0 Å². The number of para-hydroxylation sites is 1. The molecule has 0 saturated carbocycles. The number of aromatic amines is 1. The molecule has 3 rings (SSSR count). The van der Waals surface area contributed by atoms with Crippen LogP contribution in [0, 0.1) is 0 Å². The van der Waals surface area contributed by atoms with Crippen LogP contribution in [0.2, 0.25) is 0 Å². The third-order valence-electron chi connectivity index (χ3n) is 2.65. The second kappa shape index (κ2) is 4.05. The Morgan fingerprint density at radius 1 is 1.32 bits per heavy atom. The average molecular weight is 256 g/mol. The Morgan fingerprint density at radius 2 is 2.11 bits per heavy atom. The summed E-state index contributed by atoms with van der Waals surface area (Å²) in [6.07, 6.45) is 2.48. The number of rotatable bonds is 2. The summed E-state index contributed by atoms with van der Waals surface area (Å²) in [5.41, 5.74) is 0.248. The van der Waals surface area contributed by atoms with E-state index < -0.39 is 5.97 Å². The lowest BCUT2D eigenvalue weighted by Crippen LogP contribution is -2.13. The molecule has 2 N–H and O–H groups in total. The van der Waals surface area contributed by atoms with Crippen molar-refractivity contribution >= 4 is 16.9 Å². The van der Waals surface area contributed by atoms with Crippen LogP contribution in [0.5, 0.6) is 0 Å². The van der Waals surface area contributed by atoms with E-state index in [1.165, 1.54) is 17.1 Å². The second-order valence-electron chi connectivity index (χ2n) is 3.89. The molecule has 0 fully saturated rings. The Balaban J connectivity index is 2.19. The predicted octanol–water partition coefficient (Wildman–Crippen LogP) is 0.807. The van der Waals surface area contributed by atoms with Crippen LogP contribution in [0.3, 0.4) is 0 Å². The van der Waals surface area contributed by atoms with E-state index in [0.29, 0.717) is 10.9 Å². The van der Waals surface area contributed by atoms with Crippen molar-refractivity contribution in [3.63, 3.8) is 0 Å². The Bertz CT molecular complexity index is 834. The van der Waals surface area contributed by atoms with Gasteiger partial charge in [0.2, 0.25) is 5.95 Å². The van der Waals surface area contributed by atoms with Gasteiger partial charge in [0, 0.05) is 6.20 Å². The maximum Gasteiger partial charge on any atom is 0.338 e. The summed E-state index contributed by atoms with van der Waals surface area (Å²) in [6.45, 7) is 0. The minimum Gasteiger partial charge on any atom is -0.478 e. The predicted molar refractivity (Wildman–Crippen MR) is 66.4 cm³/mol. The zero-order chi connectivity index (χ0) is 13.4. The number of hydrogen-bond acceptors (Lipinski definition) is 4. The number of carbonyl (C=O) groups is 1. The summed E-state index contributed by atoms with van der Waals surface area (Å²) in [4.78, 5) is 29.4. The van der Waals surface area contributed by atoms with Gasteiger partial charge in [-0.15, -0.1) is 0 Å². The van der Waals surface area contributed by atoms with Crippen LogP contribution in [0.15, 0.2) is 41.5 Å². The van der Waals surface area contributed by atoms with Gasteiger partial charge in [-0.05, 0) is 12.1 Å². The quantitative estimate of drug-likeness (QED) is 0.706. The lowest BCUT2D eigenvalue weighted by atomic mass is 10.2. The molecular weight excluding hydrogens is 248 g/mol. The first-order chi connectivity index (χ1) is 9.15. The highest BCUT2D eigenvalue weighted by atomic mass is 16.4. The first kappa shape index (κ1) is 11.1. The summed E-state index contributed by atoms with van der Waals surface area (Å²) in [5.74, 6) is -0.911. The molecule has 0 amide bonds. The number of carboxylic acids is 1. The molecule has 0 unspecified atom stereocenters. The van der Waals surface area contributed by atoms with Gasteiger partial charge < -0.3 is 5.11 Å². The van der Waals surface area contributed by atoms with E-state index in [-0.39, 0.29) is 17.1 Å². The molecule has 0 bridgehead atoms. The Hall–Kier alpha value is -2.96. The molecule has 3 aromatic rings. The number of fused-ring (bicyclic) bond motifs is 1. The van der Waals surface area contributed by atoms with Crippen LogP contribution in [0.4, 0.5) is 0 Å². The molecule has 7 nitrogen and oxygen atoms in total. The van der Waals surface area contributed by atoms with Crippen LogP contribution in [0.1, 0.15) is 10.4 Å². The number of hydrogen-bond donors (Lipinski definition) is 2. The minimum atomic E-state index is -1.09. The molecule has 2 heterocycles.